The zero-order valence-electron chi connectivity index (χ0n) is 10.8. The molecule has 3 rings (SSSR count). The molecule has 1 fully saturated rings. The smallest absolute Gasteiger partial charge is 0.0977 e. The van der Waals surface area contributed by atoms with Crippen molar-refractivity contribution in [2.75, 3.05) is 0 Å². The molecule has 0 amide bonds. The predicted octanol–water partition coefficient (Wildman–Crippen LogP) is 3.41. The van der Waals surface area contributed by atoms with Crippen molar-refractivity contribution in [3.63, 3.8) is 0 Å². The molecule has 0 aromatic carbocycles. The maximum Gasteiger partial charge on any atom is 0.0977 e. The first-order chi connectivity index (χ1) is 7.87. The maximum absolute atomic E-state index is 10.7. The number of hydrogen-bond donors (Lipinski definition) is 1. The first-order valence-electron chi connectivity index (χ1n) is 6.35. The number of rotatable bonds is 0. The van der Waals surface area contributed by atoms with E-state index in [2.05, 4.69) is 19.9 Å². The molecule has 1 N–H and O–H groups in total. The van der Waals surface area contributed by atoms with Crippen LogP contribution >= 0.6 is 0 Å². The minimum Gasteiger partial charge on any atom is -0.472 e. The molecule has 1 aromatic heterocycles. The molecule has 17 heavy (non-hydrogen) atoms. The van der Waals surface area contributed by atoms with Gasteiger partial charge in [-0.2, -0.15) is 0 Å². The molecule has 0 unspecified atom stereocenters. The number of hydrogen-bond acceptors (Lipinski definition) is 2. The largest absolute Gasteiger partial charge is 0.472 e. The third-order valence-corrected chi connectivity index (χ3v) is 4.30. The number of furan rings is 1. The van der Waals surface area contributed by atoms with Crippen LogP contribution in [0.2, 0.25) is 0 Å². The fourth-order valence-corrected chi connectivity index (χ4v) is 3.51. The molecule has 2 aliphatic rings. The quantitative estimate of drug-likeness (QED) is 0.743. The Labute approximate surface area is 102 Å². The normalized spacial score (nSPS) is 34.8. The summed E-state index contributed by atoms with van der Waals surface area (Å²) in [5, 5.41) is 10.7. The highest BCUT2D eigenvalue weighted by Crippen LogP contribution is 2.51. The summed E-state index contributed by atoms with van der Waals surface area (Å²) in [7, 11) is 0. The summed E-state index contributed by atoms with van der Waals surface area (Å²) >= 11 is 0. The standard InChI is InChI=1S/C15H20O2/c1-14(2)5-10-4-11-8-17-9-12(11)6-15(3,16)13(10)7-14/h4,8-9,13,16H,5-7H2,1-3H3/t13-,15+/m1/s1. The molecular formula is C15H20O2. The summed E-state index contributed by atoms with van der Waals surface area (Å²) in [4.78, 5) is 0. The zero-order chi connectivity index (χ0) is 12.3. The van der Waals surface area contributed by atoms with Crippen LogP contribution in [-0.4, -0.2) is 10.7 Å². The van der Waals surface area contributed by atoms with Crippen LogP contribution < -0.4 is 0 Å². The van der Waals surface area contributed by atoms with Crippen LogP contribution in [-0.2, 0) is 6.42 Å². The third kappa shape index (κ3) is 1.75. The van der Waals surface area contributed by atoms with Crippen molar-refractivity contribution in [1.29, 1.82) is 0 Å². The molecule has 0 saturated heterocycles. The average Bonchev–Trinajstić information content (AvgIpc) is 2.69. The Bertz CT molecular complexity index is 477. The van der Waals surface area contributed by atoms with E-state index in [4.69, 9.17) is 4.42 Å². The lowest BCUT2D eigenvalue weighted by Gasteiger charge is -2.30. The molecule has 2 atom stereocenters. The third-order valence-electron chi connectivity index (χ3n) is 4.30. The molecule has 0 aliphatic heterocycles. The van der Waals surface area contributed by atoms with Crippen molar-refractivity contribution in [3.05, 3.63) is 29.2 Å². The lowest BCUT2D eigenvalue weighted by molar-refractivity contribution is 0.0114. The molecule has 1 heterocycles. The van der Waals surface area contributed by atoms with Crippen LogP contribution in [0.4, 0.5) is 0 Å². The second kappa shape index (κ2) is 3.26. The Morgan fingerprint density at radius 3 is 2.76 bits per heavy atom. The van der Waals surface area contributed by atoms with Crippen molar-refractivity contribution in [3.8, 4) is 0 Å². The minimum absolute atomic E-state index is 0.296. The average molecular weight is 232 g/mol. The predicted molar refractivity (Wildman–Crippen MR) is 67.5 cm³/mol. The van der Waals surface area contributed by atoms with Gasteiger partial charge in [-0.3, -0.25) is 0 Å². The van der Waals surface area contributed by atoms with Gasteiger partial charge in [-0.05, 0) is 25.2 Å². The first-order valence-corrected chi connectivity index (χ1v) is 6.35. The molecule has 1 aromatic rings. The zero-order valence-corrected chi connectivity index (χ0v) is 10.8. The van der Waals surface area contributed by atoms with Gasteiger partial charge in [0.15, 0.2) is 0 Å². The van der Waals surface area contributed by atoms with E-state index in [1.807, 2.05) is 6.92 Å². The van der Waals surface area contributed by atoms with Crippen molar-refractivity contribution >= 4 is 6.08 Å². The molecule has 0 bridgehead atoms. The summed E-state index contributed by atoms with van der Waals surface area (Å²) in [6, 6.07) is 0. The monoisotopic (exact) mass is 232 g/mol. The van der Waals surface area contributed by atoms with Crippen LogP contribution in [0.3, 0.4) is 0 Å². The summed E-state index contributed by atoms with van der Waals surface area (Å²) in [5.41, 5.74) is 3.34. The molecule has 2 heteroatoms. The van der Waals surface area contributed by atoms with Gasteiger partial charge in [-0.15, -0.1) is 0 Å². The highest BCUT2D eigenvalue weighted by Gasteiger charge is 2.45. The second-order valence-corrected chi connectivity index (χ2v) is 6.70. The fraction of sp³-hybridized carbons (Fsp3) is 0.600. The Kier molecular flexibility index (Phi) is 2.13. The summed E-state index contributed by atoms with van der Waals surface area (Å²) in [6.45, 7) is 6.54. The lowest BCUT2D eigenvalue weighted by Crippen LogP contribution is -2.36. The summed E-state index contributed by atoms with van der Waals surface area (Å²) in [5.74, 6) is 0.296. The number of aliphatic hydroxyl groups is 1. The van der Waals surface area contributed by atoms with Gasteiger partial charge >= 0.3 is 0 Å². The van der Waals surface area contributed by atoms with E-state index in [0.29, 0.717) is 17.8 Å². The van der Waals surface area contributed by atoms with E-state index < -0.39 is 5.60 Å². The van der Waals surface area contributed by atoms with E-state index >= 15 is 0 Å². The van der Waals surface area contributed by atoms with E-state index in [-0.39, 0.29) is 0 Å². The Balaban J connectivity index is 2.10. The molecule has 0 radical (unpaired) electrons. The van der Waals surface area contributed by atoms with Crippen LogP contribution in [0, 0.1) is 11.3 Å². The molecule has 2 nitrogen and oxygen atoms in total. The van der Waals surface area contributed by atoms with Crippen molar-refractivity contribution in [1.82, 2.24) is 0 Å². The van der Waals surface area contributed by atoms with Gasteiger partial charge in [0.2, 0.25) is 0 Å². The van der Waals surface area contributed by atoms with E-state index in [0.717, 1.165) is 24.0 Å². The van der Waals surface area contributed by atoms with Gasteiger partial charge in [0.1, 0.15) is 0 Å². The van der Waals surface area contributed by atoms with E-state index in [1.165, 1.54) is 5.57 Å². The Morgan fingerprint density at radius 1 is 1.24 bits per heavy atom. The number of fused-ring (bicyclic) bond motifs is 2. The van der Waals surface area contributed by atoms with Crippen molar-refractivity contribution in [2.45, 2.75) is 45.6 Å². The second-order valence-electron chi connectivity index (χ2n) is 6.70. The fourth-order valence-electron chi connectivity index (χ4n) is 3.51. The maximum atomic E-state index is 10.7. The van der Waals surface area contributed by atoms with Crippen LogP contribution in [0.5, 0.6) is 0 Å². The van der Waals surface area contributed by atoms with Gasteiger partial charge in [-0.1, -0.05) is 25.5 Å². The molecule has 0 spiro atoms. The molecule has 1 saturated carbocycles. The van der Waals surface area contributed by atoms with Gasteiger partial charge in [0.05, 0.1) is 18.1 Å². The Morgan fingerprint density at radius 2 is 2.00 bits per heavy atom. The van der Waals surface area contributed by atoms with Gasteiger partial charge < -0.3 is 9.52 Å². The highest BCUT2D eigenvalue weighted by atomic mass is 16.3. The Hall–Kier alpha value is -1.02. The van der Waals surface area contributed by atoms with Crippen LogP contribution in [0.15, 0.2) is 22.5 Å². The molecule has 92 valence electrons. The van der Waals surface area contributed by atoms with Crippen molar-refractivity contribution < 1.29 is 9.52 Å². The van der Waals surface area contributed by atoms with Crippen LogP contribution in [0.25, 0.3) is 6.08 Å². The highest BCUT2D eigenvalue weighted by molar-refractivity contribution is 5.59. The topological polar surface area (TPSA) is 33.4 Å². The molecular weight excluding hydrogens is 212 g/mol. The van der Waals surface area contributed by atoms with E-state index in [1.54, 1.807) is 12.5 Å². The van der Waals surface area contributed by atoms with Gasteiger partial charge in [0, 0.05) is 23.5 Å². The van der Waals surface area contributed by atoms with Crippen LogP contribution in [0.1, 0.15) is 44.7 Å². The molecule has 2 aliphatic carbocycles. The summed E-state index contributed by atoms with van der Waals surface area (Å²) in [6.07, 6.45) is 8.66. The SMILES string of the molecule is CC1(C)CC2=Cc3cocc3C[C@](C)(O)[C@@H]2C1. The minimum atomic E-state index is -0.644. The lowest BCUT2D eigenvalue weighted by atomic mass is 9.80. The van der Waals surface area contributed by atoms with Gasteiger partial charge in [-0.25, -0.2) is 0 Å². The summed E-state index contributed by atoms with van der Waals surface area (Å²) < 4.78 is 5.26. The van der Waals surface area contributed by atoms with Gasteiger partial charge in [0.25, 0.3) is 0 Å². The van der Waals surface area contributed by atoms with Crippen molar-refractivity contribution in [2.24, 2.45) is 11.3 Å². The van der Waals surface area contributed by atoms with E-state index in [9.17, 15) is 5.11 Å². The first kappa shape index (κ1) is 11.1.